The van der Waals surface area contributed by atoms with Crippen LogP contribution in [0.25, 0.3) is 11.3 Å². The lowest BCUT2D eigenvalue weighted by Gasteiger charge is -2.23. The van der Waals surface area contributed by atoms with Crippen LogP contribution < -0.4 is 10.6 Å². The maximum Gasteiger partial charge on any atom is 0.257 e. The average molecular weight is 382 g/mol. The number of rotatable bonds is 4. The lowest BCUT2D eigenvalue weighted by molar-refractivity contribution is -0.124. The summed E-state index contributed by atoms with van der Waals surface area (Å²) in [5.74, 6) is -1.38. The molecule has 0 radical (unpaired) electrons. The fourth-order valence-electron chi connectivity index (χ4n) is 2.35. The van der Waals surface area contributed by atoms with Gasteiger partial charge in [-0.3, -0.25) is 9.59 Å². The first-order chi connectivity index (χ1) is 12.0. The molecular formula is C18H21ClFN3O3. The van der Waals surface area contributed by atoms with E-state index in [1.54, 1.807) is 6.92 Å². The summed E-state index contributed by atoms with van der Waals surface area (Å²) in [5, 5.41) is 9.24. The summed E-state index contributed by atoms with van der Waals surface area (Å²) in [5.41, 5.74) is -0.434. The van der Waals surface area contributed by atoms with E-state index in [1.165, 1.54) is 25.1 Å². The number of benzene rings is 1. The van der Waals surface area contributed by atoms with Crippen molar-refractivity contribution in [3.05, 3.63) is 40.4 Å². The molecule has 1 heterocycles. The molecule has 0 aliphatic rings. The fraction of sp³-hybridized carbons (Fsp3) is 0.389. The molecule has 8 heteroatoms. The van der Waals surface area contributed by atoms with Gasteiger partial charge in [0, 0.05) is 5.54 Å². The number of nitrogens with zero attached hydrogens (tertiary/aromatic N) is 1. The van der Waals surface area contributed by atoms with E-state index in [9.17, 15) is 14.0 Å². The molecule has 2 amide bonds. The van der Waals surface area contributed by atoms with Crippen LogP contribution in [0.3, 0.4) is 0 Å². The number of halogens is 2. The third-order valence-electron chi connectivity index (χ3n) is 3.53. The van der Waals surface area contributed by atoms with E-state index in [4.69, 9.17) is 16.1 Å². The Labute approximate surface area is 156 Å². The molecule has 1 aromatic carbocycles. The molecule has 1 atom stereocenters. The number of aryl methyl sites for hydroxylation is 1. The maximum atomic E-state index is 14.2. The molecular weight excluding hydrogens is 361 g/mol. The topological polar surface area (TPSA) is 84.2 Å². The second-order valence-electron chi connectivity index (χ2n) is 6.99. The van der Waals surface area contributed by atoms with Crippen molar-refractivity contribution in [3.8, 4) is 11.3 Å². The van der Waals surface area contributed by atoms with Gasteiger partial charge in [0.2, 0.25) is 5.91 Å². The summed E-state index contributed by atoms with van der Waals surface area (Å²) in [7, 11) is 0. The molecule has 0 spiro atoms. The average Bonchev–Trinajstić information content (AvgIpc) is 2.87. The summed E-state index contributed by atoms with van der Waals surface area (Å²) in [6.07, 6.45) is 0. The molecule has 0 saturated carbocycles. The zero-order chi connectivity index (χ0) is 19.6. The molecule has 0 saturated heterocycles. The molecule has 140 valence electrons. The first-order valence-electron chi connectivity index (χ1n) is 8.05. The van der Waals surface area contributed by atoms with Crippen molar-refractivity contribution >= 4 is 23.4 Å². The van der Waals surface area contributed by atoms with Crippen LogP contribution in [0, 0.1) is 12.7 Å². The largest absolute Gasteiger partial charge is 0.360 e. The Bertz CT molecular complexity index is 822. The highest BCUT2D eigenvalue weighted by Crippen LogP contribution is 2.33. The van der Waals surface area contributed by atoms with Gasteiger partial charge in [-0.15, -0.1) is 0 Å². The van der Waals surface area contributed by atoms with Gasteiger partial charge in [0.05, 0.1) is 10.6 Å². The van der Waals surface area contributed by atoms with Gasteiger partial charge >= 0.3 is 0 Å². The van der Waals surface area contributed by atoms with Crippen LogP contribution >= 0.6 is 11.6 Å². The molecule has 2 N–H and O–H groups in total. The van der Waals surface area contributed by atoms with Crippen LogP contribution in [0.1, 0.15) is 43.8 Å². The highest BCUT2D eigenvalue weighted by molar-refractivity contribution is 6.33. The first-order valence-corrected chi connectivity index (χ1v) is 8.42. The highest BCUT2D eigenvalue weighted by Gasteiger charge is 2.28. The van der Waals surface area contributed by atoms with Crippen molar-refractivity contribution in [2.75, 3.05) is 0 Å². The smallest absolute Gasteiger partial charge is 0.257 e. The summed E-state index contributed by atoms with van der Waals surface area (Å²) in [4.78, 5) is 24.8. The fourth-order valence-corrected chi connectivity index (χ4v) is 2.60. The highest BCUT2D eigenvalue weighted by atomic mass is 35.5. The first kappa shape index (κ1) is 19.9. The van der Waals surface area contributed by atoms with Gasteiger partial charge in [-0.2, -0.15) is 0 Å². The van der Waals surface area contributed by atoms with Crippen LogP contribution in [0.5, 0.6) is 0 Å². The van der Waals surface area contributed by atoms with Crippen molar-refractivity contribution < 1.29 is 18.5 Å². The molecule has 1 unspecified atom stereocenters. The monoisotopic (exact) mass is 381 g/mol. The molecule has 2 aromatic rings. The lowest BCUT2D eigenvalue weighted by Crippen LogP contribution is -2.50. The second kappa shape index (κ2) is 7.45. The summed E-state index contributed by atoms with van der Waals surface area (Å²) in [6.45, 7) is 8.59. The molecule has 0 aliphatic heterocycles. The zero-order valence-electron chi connectivity index (χ0n) is 15.2. The number of carbonyl (C=O) groups is 2. The molecule has 6 nitrogen and oxygen atoms in total. The SMILES string of the molecule is Cc1onc(-c2c(F)cccc2Cl)c1C(=O)NC(C)C(=O)NC(C)(C)C. The van der Waals surface area contributed by atoms with Crippen LogP contribution in [-0.4, -0.2) is 28.6 Å². The quantitative estimate of drug-likeness (QED) is 0.849. The van der Waals surface area contributed by atoms with Crippen LogP contribution in [0.15, 0.2) is 22.7 Å². The number of amides is 2. The summed E-state index contributed by atoms with van der Waals surface area (Å²) in [6, 6.07) is 3.35. The minimum atomic E-state index is -0.806. The standard InChI is InChI=1S/C18H21ClFN3O3/c1-9(16(24)22-18(3,4)5)21-17(25)13-10(2)26-23-15(13)14-11(19)7-6-8-12(14)20/h6-9H,1-5H3,(H,21,25)(H,22,24). The van der Waals surface area contributed by atoms with Gasteiger partial charge in [0.15, 0.2) is 0 Å². The minimum absolute atomic E-state index is 0.00784. The normalized spacial score (nSPS) is 12.6. The molecule has 26 heavy (non-hydrogen) atoms. The zero-order valence-corrected chi connectivity index (χ0v) is 16.0. The third-order valence-corrected chi connectivity index (χ3v) is 3.84. The Hall–Kier alpha value is -2.41. The lowest BCUT2D eigenvalue weighted by atomic mass is 10.0. The van der Waals surface area contributed by atoms with Gasteiger partial charge in [0.25, 0.3) is 5.91 Å². The summed E-state index contributed by atoms with van der Waals surface area (Å²) < 4.78 is 19.3. The van der Waals surface area contributed by atoms with E-state index >= 15 is 0 Å². The van der Waals surface area contributed by atoms with Crippen molar-refractivity contribution in [3.63, 3.8) is 0 Å². The molecule has 0 aliphatic carbocycles. The maximum absolute atomic E-state index is 14.2. The Kier molecular flexibility index (Phi) is 5.71. The van der Waals surface area contributed by atoms with Gasteiger partial charge in [-0.25, -0.2) is 4.39 Å². The van der Waals surface area contributed by atoms with Crippen LogP contribution in [-0.2, 0) is 4.79 Å². The Balaban J connectivity index is 2.31. The van der Waals surface area contributed by atoms with Crippen molar-refractivity contribution in [2.24, 2.45) is 0 Å². The predicted molar refractivity (Wildman–Crippen MR) is 96.5 cm³/mol. The second-order valence-corrected chi connectivity index (χ2v) is 7.40. The number of nitrogens with one attached hydrogen (secondary N) is 2. The van der Waals surface area contributed by atoms with E-state index in [2.05, 4.69) is 15.8 Å². The van der Waals surface area contributed by atoms with Crippen LogP contribution in [0.2, 0.25) is 5.02 Å². The number of hydrogen-bond acceptors (Lipinski definition) is 4. The molecule has 0 bridgehead atoms. The van der Waals surface area contributed by atoms with Crippen LogP contribution in [0.4, 0.5) is 4.39 Å². The van der Waals surface area contributed by atoms with Gasteiger partial charge < -0.3 is 15.2 Å². The number of aromatic nitrogens is 1. The van der Waals surface area contributed by atoms with Gasteiger partial charge in [0.1, 0.15) is 28.9 Å². The van der Waals surface area contributed by atoms with Gasteiger partial charge in [-0.1, -0.05) is 22.8 Å². The van der Waals surface area contributed by atoms with Crippen molar-refractivity contribution in [2.45, 2.75) is 46.2 Å². The molecule has 2 rings (SSSR count). The minimum Gasteiger partial charge on any atom is -0.360 e. The summed E-state index contributed by atoms with van der Waals surface area (Å²) >= 11 is 6.06. The van der Waals surface area contributed by atoms with Crippen molar-refractivity contribution in [1.82, 2.24) is 15.8 Å². The van der Waals surface area contributed by atoms with E-state index in [-0.39, 0.29) is 33.5 Å². The molecule has 0 fully saturated rings. The van der Waals surface area contributed by atoms with Gasteiger partial charge in [-0.05, 0) is 46.8 Å². The Morgan fingerprint density at radius 2 is 1.96 bits per heavy atom. The molecule has 1 aromatic heterocycles. The van der Waals surface area contributed by atoms with Crippen molar-refractivity contribution in [1.29, 1.82) is 0 Å². The number of carbonyl (C=O) groups excluding carboxylic acids is 2. The van der Waals surface area contributed by atoms with E-state index in [0.717, 1.165) is 0 Å². The van der Waals surface area contributed by atoms with E-state index in [0.29, 0.717) is 0 Å². The predicted octanol–water partition coefficient (Wildman–Crippen LogP) is 3.48. The Morgan fingerprint density at radius 3 is 2.54 bits per heavy atom. The Morgan fingerprint density at radius 1 is 1.31 bits per heavy atom. The number of hydrogen-bond donors (Lipinski definition) is 2. The van der Waals surface area contributed by atoms with E-state index in [1.807, 2.05) is 20.8 Å². The van der Waals surface area contributed by atoms with E-state index < -0.39 is 23.3 Å². The third kappa shape index (κ3) is 4.40.